The van der Waals surface area contributed by atoms with Gasteiger partial charge in [0.05, 0.1) is 17.9 Å². The van der Waals surface area contributed by atoms with Gasteiger partial charge in [0.2, 0.25) is 5.91 Å². The van der Waals surface area contributed by atoms with Gasteiger partial charge in [0.15, 0.2) is 0 Å². The molecule has 6 nitrogen and oxygen atoms in total. The number of carbonyl (C=O) groups is 1. The summed E-state index contributed by atoms with van der Waals surface area (Å²) in [4.78, 5) is 12.6. The van der Waals surface area contributed by atoms with Crippen LogP contribution >= 0.6 is 0 Å². The van der Waals surface area contributed by atoms with Crippen molar-refractivity contribution in [1.82, 2.24) is 5.32 Å². The van der Waals surface area contributed by atoms with Crippen LogP contribution in [-0.2, 0) is 14.9 Å². The molecule has 0 aliphatic heterocycles. The van der Waals surface area contributed by atoms with Crippen molar-refractivity contribution >= 4 is 16.0 Å². The Morgan fingerprint density at radius 2 is 0.692 bits per heavy atom. The number of rotatable bonds is 43. The Balaban J connectivity index is 3.75. The highest BCUT2D eigenvalue weighted by molar-refractivity contribution is 7.85. The van der Waals surface area contributed by atoms with Gasteiger partial charge in [0, 0.05) is 6.42 Å². The summed E-state index contributed by atoms with van der Waals surface area (Å²) in [7, 11) is -4.31. The first-order valence-electron chi connectivity index (χ1n) is 23.2. The number of hydrogen-bond acceptors (Lipinski definition) is 4. The molecule has 0 aliphatic carbocycles. The predicted octanol–water partition coefficient (Wildman–Crippen LogP) is 14.0. The lowest BCUT2D eigenvalue weighted by molar-refractivity contribution is -0.122. The van der Waals surface area contributed by atoms with Crippen molar-refractivity contribution in [2.75, 3.05) is 5.75 Å². The molecule has 0 aromatic heterocycles. The summed E-state index contributed by atoms with van der Waals surface area (Å²) >= 11 is 0. The second-order valence-corrected chi connectivity index (χ2v) is 17.9. The third-order valence-electron chi connectivity index (χ3n) is 11.1. The highest BCUT2D eigenvalue weighted by Crippen LogP contribution is 2.17. The number of aliphatic hydroxyl groups excluding tert-OH is 1. The lowest BCUT2D eigenvalue weighted by Crippen LogP contribution is -2.47. The Morgan fingerprint density at radius 1 is 0.442 bits per heavy atom. The van der Waals surface area contributed by atoms with Gasteiger partial charge < -0.3 is 10.4 Å². The maximum absolute atomic E-state index is 12.6. The zero-order chi connectivity index (χ0) is 38.2. The number of amides is 1. The molecular weight excluding hydrogens is 667 g/mol. The number of aliphatic hydroxyl groups is 1. The van der Waals surface area contributed by atoms with Crippen LogP contribution in [-0.4, -0.2) is 41.9 Å². The highest BCUT2D eigenvalue weighted by atomic mass is 32.2. The fourth-order valence-electron chi connectivity index (χ4n) is 7.58. The summed E-state index contributed by atoms with van der Waals surface area (Å²) in [5.74, 6) is -0.879. The van der Waals surface area contributed by atoms with Gasteiger partial charge in [-0.05, 0) is 12.8 Å². The molecule has 2 unspecified atom stereocenters. The first-order chi connectivity index (χ1) is 25.3. The normalized spacial score (nSPS) is 13.1. The van der Waals surface area contributed by atoms with Crippen LogP contribution < -0.4 is 5.32 Å². The molecule has 0 bridgehead atoms. The molecule has 0 saturated heterocycles. The molecule has 1 amide bonds. The lowest BCUT2D eigenvalue weighted by atomic mass is 10.0. The van der Waals surface area contributed by atoms with Crippen LogP contribution in [0.2, 0.25) is 0 Å². The Bertz CT molecular complexity index is 836. The standard InChI is InChI=1S/C45H91NO5S/c1-3-5-7-9-11-13-15-17-19-21-23-24-26-28-30-32-34-36-38-40-44(47)43(42-52(49,50)51)46-45(48)41-39-37-35-33-31-29-27-25-22-20-18-16-14-12-10-8-6-4-2/h43-44,47H,3-42H2,1-2H3,(H,46,48)(H,49,50,51). The van der Waals surface area contributed by atoms with Crippen molar-refractivity contribution in [1.29, 1.82) is 0 Å². The molecule has 0 aromatic rings. The van der Waals surface area contributed by atoms with Crippen LogP contribution in [0.1, 0.15) is 264 Å². The van der Waals surface area contributed by atoms with Gasteiger partial charge in [-0.1, -0.05) is 245 Å². The van der Waals surface area contributed by atoms with E-state index in [0.717, 1.165) is 38.5 Å². The van der Waals surface area contributed by atoms with Crippen LogP contribution in [0.15, 0.2) is 0 Å². The van der Waals surface area contributed by atoms with Gasteiger partial charge in [0.25, 0.3) is 10.1 Å². The van der Waals surface area contributed by atoms with E-state index < -0.39 is 28.0 Å². The SMILES string of the molecule is CCCCCCCCCCCCCCCCCCCCCC(O)C(CS(=O)(=O)O)NC(=O)CCCCCCCCCCCCCCCCCCCC. The second-order valence-electron chi connectivity index (χ2n) is 16.4. The van der Waals surface area contributed by atoms with Crippen molar-refractivity contribution in [2.24, 2.45) is 0 Å². The molecule has 0 saturated carbocycles. The van der Waals surface area contributed by atoms with Crippen LogP contribution in [0.3, 0.4) is 0 Å². The Kier molecular flexibility index (Phi) is 39.5. The van der Waals surface area contributed by atoms with E-state index in [-0.39, 0.29) is 5.91 Å². The topological polar surface area (TPSA) is 104 Å². The van der Waals surface area contributed by atoms with Gasteiger partial charge in [0.1, 0.15) is 0 Å². The second kappa shape index (κ2) is 40.0. The molecule has 0 radical (unpaired) electrons. The number of carbonyl (C=O) groups excluding carboxylic acids is 1. The summed E-state index contributed by atoms with van der Waals surface area (Å²) in [6.07, 6.45) is 47.7. The van der Waals surface area contributed by atoms with Crippen molar-refractivity contribution in [3.8, 4) is 0 Å². The number of unbranched alkanes of at least 4 members (excludes halogenated alkanes) is 35. The van der Waals surface area contributed by atoms with Crippen LogP contribution in [0.4, 0.5) is 0 Å². The fraction of sp³-hybridized carbons (Fsp3) is 0.978. The average Bonchev–Trinajstić information content (AvgIpc) is 3.11. The summed E-state index contributed by atoms with van der Waals surface area (Å²) < 4.78 is 32.6. The van der Waals surface area contributed by atoms with Crippen molar-refractivity contribution in [3.63, 3.8) is 0 Å². The maximum atomic E-state index is 12.6. The van der Waals surface area contributed by atoms with E-state index in [1.807, 2.05) is 0 Å². The zero-order valence-electron chi connectivity index (χ0n) is 35.0. The smallest absolute Gasteiger partial charge is 0.266 e. The highest BCUT2D eigenvalue weighted by Gasteiger charge is 2.26. The minimum absolute atomic E-state index is 0.239. The van der Waals surface area contributed by atoms with E-state index in [2.05, 4.69) is 19.2 Å². The van der Waals surface area contributed by atoms with Gasteiger partial charge in [-0.3, -0.25) is 9.35 Å². The minimum atomic E-state index is -4.31. The van der Waals surface area contributed by atoms with E-state index in [1.54, 1.807) is 0 Å². The van der Waals surface area contributed by atoms with Gasteiger partial charge in [-0.2, -0.15) is 8.42 Å². The third-order valence-corrected chi connectivity index (χ3v) is 11.8. The maximum Gasteiger partial charge on any atom is 0.266 e. The van der Waals surface area contributed by atoms with Gasteiger partial charge in [-0.15, -0.1) is 0 Å². The summed E-state index contributed by atoms with van der Waals surface area (Å²) in [6, 6.07) is -0.964. The number of hydrogen-bond donors (Lipinski definition) is 3. The molecule has 312 valence electrons. The zero-order valence-corrected chi connectivity index (χ0v) is 35.8. The number of nitrogens with one attached hydrogen (secondary N) is 1. The molecule has 0 aliphatic rings. The molecule has 0 spiro atoms. The first-order valence-corrected chi connectivity index (χ1v) is 24.8. The fourth-order valence-corrected chi connectivity index (χ4v) is 8.33. The van der Waals surface area contributed by atoms with E-state index in [4.69, 9.17) is 0 Å². The predicted molar refractivity (Wildman–Crippen MR) is 226 cm³/mol. The Labute approximate surface area is 325 Å². The average molecular weight is 758 g/mol. The molecular formula is C45H91NO5S. The lowest BCUT2D eigenvalue weighted by Gasteiger charge is -2.23. The minimum Gasteiger partial charge on any atom is -0.391 e. The summed E-state index contributed by atoms with van der Waals surface area (Å²) in [5, 5.41) is 13.4. The quantitative estimate of drug-likeness (QED) is 0.0424. The first kappa shape index (κ1) is 51.3. The van der Waals surface area contributed by atoms with Crippen LogP contribution in [0.25, 0.3) is 0 Å². The molecule has 0 heterocycles. The van der Waals surface area contributed by atoms with Gasteiger partial charge >= 0.3 is 0 Å². The largest absolute Gasteiger partial charge is 0.391 e. The third kappa shape index (κ3) is 40.5. The molecule has 0 aromatic carbocycles. The van der Waals surface area contributed by atoms with E-state index in [0.29, 0.717) is 12.8 Å². The molecule has 0 rings (SSSR count). The van der Waals surface area contributed by atoms with Crippen molar-refractivity contribution in [2.45, 2.75) is 276 Å². The molecule has 7 heteroatoms. The van der Waals surface area contributed by atoms with Gasteiger partial charge in [-0.25, -0.2) is 0 Å². The Hall–Kier alpha value is -0.660. The molecule has 0 fully saturated rings. The van der Waals surface area contributed by atoms with E-state index in [1.165, 1.54) is 199 Å². The summed E-state index contributed by atoms with van der Waals surface area (Å²) in [5.41, 5.74) is 0. The monoisotopic (exact) mass is 758 g/mol. The van der Waals surface area contributed by atoms with E-state index >= 15 is 0 Å². The summed E-state index contributed by atoms with van der Waals surface area (Å²) in [6.45, 7) is 4.55. The van der Waals surface area contributed by atoms with Crippen LogP contribution in [0, 0.1) is 0 Å². The van der Waals surface area contributed by atoms with Crippen molar-refractivity contribution in [3.05, 3.63) is 0 Å². The Morgan fingerprint density at radius 3 is 0.962 bits per heavy atom. The molecule has 52 heavy (non-hydrogen) atoms. The molecule has 2 atom stereocenters. The molecule has 3 N–H and O–H groups in total. The van der Waals surface area contributed by atoms with Crippen LogP contribution in [0.5, 0.6) is 0 Å². The van der Waals surface area contributed by atoms with E-state index in [9.17, 15) is 22.9 Å². The van der Waals surface area contributed by atoms with Crippen molar-refractivity contribution < 1.29 is 22.9 Å².